The van der Waals surface area contributed by atoms with Gasteiger partial charge in [-0.15, -0.1) is 0 Å². The quantitative estimate of drug-likeness (QED) is 0.851. The summed E-state index contributed by atoms with van der Waals surface area (Å²) in [5, 5.41) is 1.02. The molecule has 2 aliphatic rings. The van der Waals surface area contributed by atoms with E-state index in [0.29, 0.717) is 17.0 Å². The molecule has 0 radical (unpaired) electrons. The van der Waals surface area contributed by atoms with Crippen LogP contribution in [0.1, 0.15) is 29.6 Å². The summed E-state index contributed by atoms with van der Waals surface area (Å²) in [6, 6.07) is 10.4. The molecule has 5 nitrogen and oxygen atoms in total. The Balaban J connectivity index is 1.43. The fourth-order valence-corrected chi connectivity index (χ4v) is 4.67. The van der Waals surface area contributed by atoms with E-state index < -0.39 is 0 Å². The minimum absolute atomic E-state index is 0.109. The number of likely N-dealkylation sites (N-methyl/N-ethyl adjacent to an activating group) is 1. The maximum absolute atomic E-state index is 12.9. The van der Waals surface area contributed by atoms with Gasteiger partial charge in [-0.1, -0.05) is 18.2 Å². The van der Waals surface area contributed by atoms with Crippen LogP contribution in [0.4, 0.5) is 0 Å². The maximum Gasteiger partial charge on any atom is 0.255 e. The second kappa shape index (κ2) is 6.97. The first-order chi connectivity index (χ1) is 12.6. The van der Waals surface area contributed by atoms with Crippen molar-refractivity contribution in [3.8, 4) is 0 Å². The van der Waals surface area contributed by atoms with Crippen molar-refractivity contribution in [3.05, 3.63) is 42.1 Å². The zero-order valence-corrected chi connectivity index (χ0v) is 15.6. The Morgan fingerprint density at radius 2 is 2.08 bits per heavy atom. The van der Waals surface area contributed by atoms with E-state index >= 15 is 0 Å². The average molecular weight is 353 g/mol. The number of amides is 1. The fourth-order valence-electron chi connectivity index (χ4n) is 4.67. The Hall–Kier alpha value is -1.98. The van der Waals surface area contributed by atoms with Gasteiger partial charge in [0, 0.05) is 44.4 Å². The van der Waals surface area contributed by atoms with Crippen LogP contribution in [0.15, 0.2) is 36.5 Å². The van der Waals surface area contributed by atoms with E-state index in [1.165, 1.54) is 6.42 Å². The Morgan fingerprint density at radius 1 is 1.31 bits per heavy atom. The lowest BCUT2D eigenvalue weighted by Gasteiger charge is -2.39. The topological polar surface area (TPSA) is 45.7 Å². The predicted octanol–water partition coefficient (Wildman–Crippen LogP) is 2.81. The number of aromatic nitrogens is 1. The summed E-state index contributed by atoms with van der Waals surface area (Å²) < 4.78 is 5.37. The molecule has 0 bridgehead atoms. The second-order valence-corrected chi connectivity index (χ2v) is 7.94. The molecule has 2 saturated heterocycles. The predicted molar refractivity (Wildman–Crippen MR) is 102 cm³/mol. The molecule has 1 aromatic heterocycles. The molecule has 26 heavy (non-hydrogen) atoms. The third-order valence-corrected chi connectivity index (χ3v) is 6.18. The van der Waals surface area contributed by atoms with Crippen molar-refractivity contribution in [3.63, 3.8) is 0 Å². The number of hydrogen-bond acceptors (Lipinski definition) is 4. The molecule has 138 valence electrons. The molecule has 1 spiro atoms. The molecule has 1 aromatic carbocycles. The van der Waals surface area contributed by atoms with Gasteiger partial charge >= 0.3 is 0 Å². The van der Waals surface area contributed by atoms with Crippen LogP contribution in [0, 0.1) is 5.41 Å². The number of carbonyl (C=O) groups excluding carboxylic acids is 1. The smallest absolute Gasteiger partial charge is 0.255 e. The van der Waals surface area contributed by atoms with E-state index in [9.17, 15) is 4.79 Å². The van der Waals surface area contributed by atoms with Crippen molar-refractivity contribution in [2.45, 2.75) is 25.3 Å². The van der Waals surface area contributed by atoms with Crippen LogP contribution in [0.5, 0.6) is 0 Å². The fraction of sp³-hybridized carbons (Fsp3) is 0.524. The van der Waals surface area contributed by atoms with Crippen molar-refractivity contribution >= 4 is 16.8 Å². The summed E-state index contributed by atoms with van der Waals surface area (Å²) in [5.74, 6) is 0.109. The molecule has 1 amide bonds. The van der Waals surface area contributed by atoms with E-state index in [4.69, 9.17) is 4.74 Å². The highest BCUT2D eigenvalue weighted by Crippen LogP contribution is 2.43. The van der Waals surface area contributed by atoms with Crippen LogP contribution in [-0.2, 0) is 4.74 Å². The van der Waals surface area contributed by atoms with Gasteiger partial charge in [0.05, 0.1) is 17.7 Å². The van der Waals surface area contributed by atoms with E-state index in [2.05, 4.69) is 16.9 Å². The van der Waals surface area contributed by atoms with Crippen LogP contribution in [0.25, 0.3) is 10.9 Å². The summed E-state index contributed by atoms with van der Waals surface area (Å²) in [6.07, 6.45) is 5.04. The number of hydrogen-bond donors (Lipinski definition) is 0. The molecule has 2 aliphatic heterocycles. The molecule has 2 fully saturated rings. The first-order valence-corrected chi connectivity index (χ1v) is 9.43. The van der Waals surface area contributed by atoms with Crippen LogP contribution in [0.3, 0.4) is 0 Å². The normalized spacial score (nSPS) is 23.0. The number of fused-ring (bicyclic) bond motifs is 1. The molecular weight excluding hydrogens is 326 g/mol. The van der Waals surface area contributed by atoms with Crippen molar-refractivity contribution in [1.82, 2.24) is 14.8 Å². The maximum atomic E-state index is 12.9. The van der Waals surface area contributed by atoms with Crippen molar-refractivity contribution in [2.75, 3.05) is 40.4 Å². The van der Waals surface area contributed by atoms with E-state index in [-0.39, 0.29) is 5.91 Å². The highest BCUT2D eigenvalue weighted by Gasteiger charge is 2.44. The molecule has 5 heteroatoms. The van der Waals surface area contributed by atoms with Crippen LogP contribution < -0.4 is 0 Å². The average Bonchev–Trinajstić information content (AvgIpc) is 2.96. The number of pyridine rings is 1. The summed E-state index contributed by atoms with van der Waals surface area (Å²) in [5.41, 5.74) is 1.97. The lowest BCUT2D eigenvalue weighted by molar-refractivity contribution is 0.0592. The molecule has 1 atom stereocenters. The number of para-hydroxylation sites is 1. The van der Waals surface area contributed by atoms with Crippen molar-refractivity contribution in [1.29, 1.82) is 0 Å². The molecule has 0 aliphatic carbocycles. The Labute approximate surface area is 154 Å². The van der Waals surface area contributed by atoms with Crippen molar-refractivity contribution in [2.24, 2.45) is 5.41 Å². The molecule has 3 heterocycles. The number of ether oxygens (including phenoxy) is 1. The van der Waals surface area contributed by atoms with Gasteiger partial charge in [0.15, 0.2) is 0 Å². The minimum atomic E-state index is 0.109. The Kier molecular flexibility index (Phi) is 4.67. The number of methoxy groups -OCH3 is 1. The van der Waals surface area contributed by atoms with Gasteiger partial charge in [-0.2, -0.15) is 0 Å². The highest BCUT2D eigenvalue weighted by atomic mass is 16.5. The lowest BCUT2D eigenvalue weighted by atomic mass is 9.76. The van der Waals surface area contributed by atoms with E-state index in [0.717, 1.165) is 50.0 Å². The van der Waals surface area contributed by atoms with Gasteiger partial charge in [-0.3, -0.25) is 9.78 Å². The minimum Gasteiger partial charge on any atom is -0.383 e. The van der Waals surface area contributed by atoms with E-state index in [1.807, 2.05) is 35.2 Å². The molecule has 0 N–H and O–H groups in total. The summed E-state index contributed by atoms with van der Waals surface area (Å²) >= 11 is 0. The van der Waals surface area contributed by atoms with Gasteiger partial charge in [-0.25, -0.2) is 0 Å². The largest absolute Gasteiger partial charge is 0.383 e. The number of carbonyl (C=O) groups is 1. The number of rotatable bonds is 3. The van der Waals surface area contributed by atoms with E-state index in [1.54, 1.807) is 13.3 Å². The van der Waals surface area contributed by atoms with Gasteiger partial charge in [-0.05, 0) is 43.9 Å². The molecule has 2 aromatic rings. The number of likely N-dealkylation sites (tertiary alicyclic amines) is 2. The monoisotopic (exact) mass is 353 g/mol. The Bertz CT molecular complexity index is 799. The zero-order valence-electron chi connectivity index (χ0n) is 15.6. The second-order valence-electron chi connectivity index (χ2n) is 7.94. The Morgan fingerprint density at radius 3 is 2.85 bits per heavy atom. The first-order valence-electron chi connectivity index (χ1n) is 9.43. The third kappa shape index (κ3) is 3.21. The molecular formula is C21H27N3O2. The van der Waals surface area contributed by atoms with Gasteiger partial charge < -0.3 is 14.5 Å². The number of nitrogens with zero attached hydrogens (tertiary/aromatic N) is 3. The first kappa shape index (κ1) is 17.4. The summed E-state index contributed by atoms with van der Waals surface area (Å²) in [6.45, 7) is 3.57. The standard InChI is InChI=1S/C21H27N3O2/c1-23-15-21(12-18(23)14-26-2)7-9-24(10-8-21)20(25)17-11-16-5-3-4-6-19(16)22-13-17/h3-6,11,13,18H,7-10,12,14-15H2,1-2H3/t18-/m1/s1. The zero-order chi connectivity index (χ0) is 18.1. The summed E-state index contributed by atoms with van der Waals surface area (Å²) in [4.78, 5) is 21.8. The van der Waals surface area contributed by atoms with Gasteiger partial charge in [0.25, 0.3) is 5.91 Å². The van der Waals surface area contributed by atoms with Crippen molar-refractivity contribution < 1.29 is 9.53 Å². The lowest BCUT2D eigenvalue weighted by Crippen LogP contribution is -2.44. The highest BCUT2D eigenvalue weighted by molar-refractivity contribution is 5.97. The van der Waals surface area contributed by atoms with Crippen LogP contribution in [-0.4, -0.2) is 67.1 Å². The number of piperidine rings is 1. The molecule has 0 unspecified atom stereocenters. The molecule has 4 rings (SSSR count). The molecule has 0 saturated carbocycles. The van der Waals surface area contributed by atoms with Crippen LogP contribution >= 0.6 is 0 Å². The number of benzene rings is 1. The summed E-state index contributed by atoms with van der Waals surface area (Å²) in [7, 11) is 3.97. The SMILES string of the molecule is COC[C@H]1CC2(CCN(C(=O)c3cnc4ccccc4c3)CC2)CN1C. The van der Waals surface area contributed by atoms with Gasteiger partial charge in [0.1, 0.15) is 0 Å². The third-order valence-electron chi connectivity index (χ3n) is 6.18. The van der Waals surface area contributed by atoms with Crippen LogP contribution in [0.2, 0.25) is 0 Å². The van der Waals surface area contributed by atoms with Gasteiger partial charge in [0.2, 0.25) is 0 Å².